The van der Waals surface area contributed by atoms with E-state index in [0.717, 1.165) is 81.6 Å². The zero-order valence-corrected chi connectivity index (χ0v) is 29.4. The van der Waals surface area contributed by atoms with Crippen LogP contribution in [0.4, 0.5) is 27.3 Å². The summed E-state index contributed by atoms with van der Waals surface area (Å²) in [5, 5.41) is 19.8. The molecule has 2 saturated heterocycles. The molecule has 0 amide bonds. The van der Waals surface area contributed by atoms with Crippen molar-refractivity contribution < 1.29 is 19.0 Å². The average Bonchev–Trinajstić information content (AvgIpc) is 3.46. The van der Waals surface area contributed by atoms with Gasteiger partial charge in [0.2, 0.25) is 0 Å². The van der Waals surface area contributed by atoms with E-state index in [1.54, 1.807) is 32.6 Å². The number of hydrogen-bond acceptors (Lipinski definition) is 11. The zero-order valence-electron chi connectivity index (χ0n) is 28.6. The van der Waals surface area contributed by atoms with E-state index in [-0.39, 0.29) is 11.2 Å². The predicted molar refractivity (Wildman–Crippen MR) is 196 cm³/mol. The van der Waals surface area contributed by atoms with Gasteiger partial charge in [0.15, 0.2) is 6.29 Å². The van der Waals surface area contributed by atoms with Gasteiger partial charge in [0.05, 0.1) is 54.5 Å². The number of benzene rings is 1. The van der Waals surface area contributed by atoms with Crippen LogP contribution in [0.25, 0.3) is 11.1 Å². The van der Waals surface area contributed by atoms with E-state index in [2.05, 4.69) is 32.1 Å². The summed E-state index contributed by atoms with van der Waals surface area (Å²) >= 11 is 1.51. The lowest BCUT2D eigenvalue weighted by molar-refractivity contribution is -0.0792. The van der Waals surface area contributed by atoms with E-state index >= 15 is 4.39 Å². The first kappa shape index (κ1) is 34.0. The molecule has 1 atom stereocenters. The van der Waals surface area contributed by atoms with E-state index in [1.807, 2.05) is 18.3 Å². The summed E-state index contributed by atoms with van der Waals surface area (Å²) in [4.78, 5) is 36.4. The lowest BCUT2D eigenvalue weighted by Crippen LogP contribution is -2.60. The molecule has 1 aromatic carbocycles. The number of hydrogen-bond donors (Lipinski definition) is 2. The number of halogens is 1. The molecule has 1 aliphatic carbocycles. The minimum absolute atomic E-state index is 0.264. The molecule has 2 fully saturated rings. The highest BCUT2D eigenvalue weighted by Crippen LogP contribution is 2.35. The van der Waals surface area contributed by atoms with E-state index in [9.17, 15) is 14.7 Å². The van der Waals surface area contributed by atoms with Gasteiger partial charge in [-0.2, -0.15) is 5.10 Å². The van der Waals surface area contributed by atoms with E-state index in [1.165, 1.54) is 37.9 Å². The van der Waals surface area contributed by atoms with E-state index in [0.29, 0.717) is 45.2 Å². The first-order valence-electron chi connectivity index (χ1n) is 17.1. The molecule has 0 spiro atoms. The maximum atomic E-state index is 15.3. The first-order valence-corrected chi connectivity index (χ1v) is 17.9. The van der Waals surface area contributed by atoms with Crippen molar-refractivity contribution in [2.75, 3.05) is 55.1 Å². The van der Waals surface area contributed by atoms with Gasteiger partial charge in [-0.15, -0.1) is 11.3 Å². The highest BCUT2D eigenvalue weighted by Gasteiger charge is 2.33. The molecule has 3 aliphatic rings. The topological polar surface area (TPSA) is 116 Å². The number of pyridine rings is 2. The summed E-state index contributed by atoms with van der Waals surface area (Å²) in [7, 11) is 3.31. The highest BCUT2D eigenvalue weighted by atomic mass is 32.1. The number of hydrazone groups is 1. The SMILES string of the molecule is C[C@@H]1CN(c2ccc(Nc3cc(-c4cc(F)cc(N(C)/N=C\c5c(C=O)sc6c5CCCC6)c4CO)cn(C)c3=O)nc2)CCN1C1COC1. The summed E-state index contributed by atoms with van der Waals surface area (Å²) in [6.45, 7) is 6.23. The van der Waals surface area contributed by atoms with Crippen LogP contribution in [0.1, 0.15) is 51.0 Å². The number of aldehydes is 1. The molecule has 0 saturated carbocycles. The van der Waals surface area contributed by atoms with Gasteiger partial charge >= 0.3 is 0 Å². The smallest absolute Gasteiger partial charge is 0.274 e. The minimum Gasteiger partial charge on any atom is -0.392 e. The van der Waals surface area contributed by atoms with Crippen LogP contribution in [0.5, 0.6) is 0 Å². The number of anilines is 4. The van der Waals surface area contributed by atoms with Crippen LogP contribution in [0.3, 0.4) is 0 Å². The lowest BCUT2D eigenvalue weighted by Gasteiger charge is -2.47. The first-order chi connectivity index (χ1) is 24.2. The Morgan fingerprint density at radius 1 is 1.20 bits per heavy atom. The van der Waals surface area contributed by atoms with Crippen LogP contribution < -0.4 is 20.8 Å². The molecule has 50 heavy (non-hydrogen) atoms. The Hall–Kier alpha value is -4.43. The zero-order chi connectivity index (χ0) is 34.9. The number of aryl methyl sites for hydroxylation is 2. The number of aliphatic hydroxyl groups is 1. The summed E-state index contributed by atoms with van der Waals surface area (Å²) in [6, 6.07) is 9.09. The van der Waals surface area contributed by atoms with Crippen LogP contribution in [0.2, 0.25) is 0 Å². The molecule has 0 radical (unpaired) electrons. The van der Waals surface area contributed by atoms with Crippen molar-refractivity contribution in [2.45, 2.75) is 51.3 Å². The van der Waals surface area contributed by atoms with Crippen molar-refractivity contribution in [3.05, 3.63) is 85.3 Å². The second-order valence-electron chi connectivity index (χ2n) is 13.3. The number of ether oxygens (including phenoxy) is 1. The van der Waals surface area contributed by atoms with Gasteiger partial charge in [-0.25, -0.2) is 9.37 Å². The number of nitrogens with zero attached hydrogens (tertiary/aromatic N) is 6. The number of rotatable bonds is 10. The van der Waals surface area contributed by atoms with Crippen molar-refractivity contribution in [2.24, 2.45) is 12.1 Å². The highest BCUT2D eigenvalue weighted by molar-refractivity contribution is 7.14. The monoisotopic (exact) mass is 699 g/mol. The van der Waals surface area contributed by atoms with Crippen molar-refractivity contribution in [3.8, 4) is 11.1 Å². The molecule has 2 N–H and O–H groups in total. The fourth-order valence-corrected chi connectivity index (χ4v) is 8.46. The van der Waals surface area contributed by atoms with Gasteiger partial charge in [-0.05, 0) is 74.1 Å². The third-order valence-corrected chi connectivity index (χ3v) is 11.3. The van der Waals surface area contributed by atoms with Crippen molar-refractivity contribution in [1.29, 1.82) is 0 Å². The van der Waals surface area contributed by atoms with Crippen LogP contribution in [-0.2, 0) is 31.2 Å². The molecular formula is C37H42FN7O4S. The molecule has 7 rings (SSSR count). The number of carbonyl (C=O) groups is 1. The standard InChI is InChI=1S/C37H42FN7O4S/c1-23-17-44(10-11-45(23)27-21-49-22-27)26-8-9-36(39-15-26)41-32-12-24(18-42(2)37(32)48)29-13-25(38)14-33(31(29)19-46)43(3)40-16-30-28-6-4-5-7-34(28)50-35(30)20-47/h8-9,12-16,18,20,23,27,46H,4-7,10-11,17,19,21-22H2,1-3H3,(H,39,41)/b40-16-/t23-/m1/s1. The van der Waals surface area contributed by atoms with Crippen LogP contribution in [-0.4, -0.2) is 84.0 Å². The maximum Gasteiger partial charge on any atom is 0.274 e. The third-order valence-electron chi connectivity index (χ3n) is 10.0. The Morgan fingerprint density at radius 2 is 2.02 bits per heavy atom. The molecule has 11 nitrogen and oxygen atoms in total. The van der Waals surface area contributed by atoms with Crippen LogP contribution in [0, 0.1) is 5.82 Å². The molecule has 3 aromatic heterocycles. The normalized spacial score (nSPS) is 18.3. The molecule has 2 aliphatic heterocycles. The number of nitrogens with one attached hydrogen (secondary N) is 1. The fourth-order valence-electron chi connectivity index (χ4n) is 7.28. The summed E-state index contributed by atoms with van der Waals surface area (Å²) < 4.78 is 22.1. The van der Waals surface area contributed by atoms with Gasteiger partial charge in [-0.3, -0.25) is 19.5 Å². The van der Waals surface area contributed by atoms with Crippen molar-refractivity contribution in [1.82, 2.24) is 14.5 Å². The summed E-state index contributed by atoms with van der Waals surface area (Å²) in [5.74, 6) is -0.0180. The van der Waals surface area contributed by atoms with E-state index < -0.39 is 12.4 Å². The van der Waals surface area contributed by atoms with Gasteiger partial charge in [0.25, 0.3) is 5.56 Å². The fraction of sp³-hybridized carbons (Fsp3) is 0.405. The number of aliphatic hydroxyl groups excluding tert-OH is 1. The molecule has 4 aromatic rings. The summed E-state index contributed by atoms with van der Waals surface area (Å²) in [5.41, 5.74) is 4.74. The maximum absolute atomic E-state index is 15.3. The number of aromatic nitrogens is 2. The molecule has 0 unspecified atom stereocenters. The molecule has 5 heterocycles. The van der Waals surface area contributed by atoms with Gasteiger partial charge in [-0.1, -0.05) is 0 Å². The number of thiophene rings is 1. The lowest BCUT2D eigenvalue weighted by atomic mass is 9.95. The average molecular weight is 700 g/mol. The minimum atomic E-state index is -0.521. The Balaban J connectivity index is 1.13. The Bertz CT molecular complexity index is 1970. The third kappa shape index (κ3) is 6.70. The van der Waals surface area contributed by atoms with Gasteiger partial charge < -0.3 is 24.6 Å². The Morgan fingerprint density at radius 3 is 2.72 bits per heavy atom. The number of carbonyl (C=O) groups excluding carboxylic acids is 1. The largest absolute Gasteiger partial charge is 0.392 e. The van der Waals surface area contributed by atoms with Crippen molar-refractivity contribution >= 4 is 46.7 Å². The molecular weight excluding hydrogens is 658 g/mol. The second-order valence-corrected chi connectivity index (χ2v) is 14.4. The molecule has 13 heteroatoms. The quantitative estimate of drug-likeness (QED) is 0.135. The van der Waals surface area contributed by atoms with Crippen molar-refractivity contribution in [3.63, 3.8) is 0 Å². The van der Waals surface area contributed by atoms with Crippen LogP contribution >= 0.6 is 11.3 Å². The van der Waals surface area contributed by atoms with Gasteiger partial charge in [0, 0.05) is 67.5 Å². The summed E-state index contributed by atoms with van der Waals surface area (Å²) in [6.07, 6.45) is 9.98. The molecule has 0 bridgehead atoms. The Kier molecular flexibility index (Phi) is 9.82. The van der Waals surface area contributed by atoms with Gasteiger partial charge in [0.1, 0.15) is 17.3 Å². The number of piperazine rings is 1. The second kappa shape index (κ2) is 14.4. The van der Waals surface area contributed by atoms with E-state index in [4.69, 9.17) is 4.74 Å². The Labute approximate surface area is 294 Å². The van der Waals surface area contributed by atoms with Crippen LogP contribution in [0.15, 0.2) is 52.6 Å². The molecule has 262 valence electrons. The number of fused-ring (bicyclic) bond motifs is 1. The predicted octanol–water partition coefficient (Wildman–Crippen LogP) is 4.95.